The molecule has 1 aromatic rings. The van der Waals surface area contributed by atoms with Gasteiger partial charge in [0, 0.05) is 44.3 Å². The van der Waals surface area contributed by atoms with Gasteiger partial charge in [0.05, 0.1) is 11.4 Å². The zero-order valence-corrected chi connectivity index (χ0v) is 12.5. The first kappa shape index (κ1) is 13.9. The number of nitrogens with zero attached hydrogens (tertiary/aromatic N) is 3. The van der Waals surface area contributed by atoms with E-state index in [1.54, 1.807) is 18.0 Å². The molecule has 5 nitrogen and oxygen atoms in total. The molecule has 2 atom stereocenters. The number of thioether (sulfide) groups is 1. The number of rotatable bonds is 2. The van der Waals surface area contributed by atoms with Crippen molar-refractivity contribution >= 4 is 17.7 Å². The normalized spacial score (nSPS) is 27.8. The predicted octanol–water partition coefficient (Wildman–Crippen LogP) is 0.559. The molecule has 0 saturated carbocycles. The van der Waals surface area contributed by atoms with Crippen molar-refractivity contribution < 1.29 is 4.79 Å². The lowest BCUT2D eigenvalue weighted by Gasteiger charge is -2.33. The Bertz CT molecular complexity index is 462. The van der Waals surface area contributed by atoms with Crippen LogP contribution in [0.25, 0.3) is 0 Å². The molecule has 1 aromatic heterocycles. The summed E-state index contributed by atoms with van der Waals surface area (Å²) in [5, 5.41) is 3.62. The number of likely N-dealkylation sites (N-methyl/N-ethyl adjacent to an activating group) is 1. The number of piperazine rings is 1. The van der Waals surface area contributed by atoms with Crippen LogP contribution in [0.2, 0.25) is 0 Å². The summed E-state index contributed by atoms with van der Waals surface area (Å²) in [6.07, 6.45) is 3.64. The number of amides is 1. The molecular formula is C14H20N4OS. The fourth-order valence-corrected chi connectivity index (χ4v) is 3.80. The number of aromatic nitrogens is 1. The highest BCUT2D eigenvalue weighted by Gasteiger charge is 2.33. The van der Waals surface area contributed by atoms with Crippen molar-refractivity contribution in [2.45, 2.75) is 11.4 Å². The second-order valence-corrected chi connectivity index (χ2v) is 6.49. The second-order valence-electron chi connectivity index (χ2n) is 5.35. The highest BCUT2D eigenvalue weighted by Crippen LogP contribution is 2.32. The minimum Gasteiger partial charge on any atom is -0.339 e. The molecule has 3 rings (SSSR count). The molecule has 0 bridgehead atoms. The minimum atomic E-state index is -0.0615. The minimum absolute atomic E-state index is 0.0615. The first-order chi connectivity index (χ1) is 9.74. The van der Waals surface area contributed by atoms with Crippen LogP contribution in [-0.4, -0.2) is 65.7 Å². The average Bonchev–Trinajstić information content (AvgIpc) is 2.98. The van der Waals surface area contributed by atoms with Gasteiger partial charge in [0.2, 0.25) is 5.91 Å². The molecule has 0 radical (unpaired) electrons. The van der Waals surface area contributed by atoms with E-state index in [9.17, 15) is 4.79 Å². The molecule has 1 N–H and O–H groups in total. The maximum Gasteiger partial charge on any atom is 0.240 e. The van der Waals surface area contributed by atoms with Crippen LogP contribution in [0.15, 0.2) is 24.5 Å². The Morgan fingerprint density at radius 1 is 1.40 bits per heavy atom. The summed E-state index contributed by atoms with van der Waals surface area (Å²) in [4.78, 5) is 20.9. The van der Waals surface area contributed by atoms with Gasteiger partial charge in [0.15, 0.2) is 0 Å². The van der Waals surface area contributed by atoms with E-state index in [4.69, 9.17) is 0 Å². The van der Waals surface area contributed by atoms with Crippen LogP contribution in [0.4, 0.5) is 0 Å². The molecule has 2 fully saturated rings. The van der Waals surface area contributed by atoms with Gasteiger partial charge in [-0.1, -0.05) is 6.07 Å². The van der Waals surface area contributed by atoms with Gasteiger partial charge < -0.3 is 9.80 Å². The van der Waals surface area contributed by atoms with Gasteiger partial charge in [-0.25, -0.2) is 0 Å². The van der Waals surface area contributed by atoms with Crippen molar-refractivity contribution in [2.24, 2.45) is 0 Å². The first-order valence-electron chi connectivity index (χ1n) is 6.99. The Morgan fingerprint density at radius 3 is 2.90 bits per heavy atom. The molecule has 3 heterocycles. The molecule has 108 valence electrons. The molecule has 0 spiro atoms. The van der Waals surface area contributed by atoms with Crippen molar-refractivity contribution in [3.05, 3.63) is 30.1 Å². The molecule has 2 aliphatic rings. The van der Waals surface area contributed by atoms with Crippen LogP contribution in [0.5, 0.6) is 0 Å². The third-order valence-corrected chi connectivity index (χ3v) is 5.15. The van der Waals surface area contributed by atoms with E-state index < -0.39 is 0 Å². The fourth-order valence-electron chi connectivity index (χ4n) is 2.58. The lowest BCUT2D eigenvalue weighted by molar-refractivity contribution is -0.134. The number of nitrogens with one attached hydrogen (secondary N) is 1. The SMILES string of the molecule is CN1CCN(C(=O)[C@@H]2CSC(c3cccnc3)N2)CC1. The van der Waals surface area contributed by atoms with Crippen molar-refractivity contribution in [2.75, 3.05) is 39.0 Å². The molecule has 20 heavy (non-hydrogen) atoms. The maximum absolute atomic E-state index is 12.5. The zero-order valence-electron chi connectivity index (χ0n) is 11.7. The van der Waals surface area contributed by atoms with Gasteiger partial charge in [-0.15, -0.1) is 11.8 Å². The Labute approximate surface area is 123 Å². The number of carbonyl (C=O) groups excluding carboxylic acids is 1. The number of hydrogen-bond donors (Lipinski definition) is 1. The largest absolute Gasteiger partial charge is 0.339 e. The van der Waals surface area contributed by atoms with E-state index in [1.165, 1.54) is 0 Å². The average molecular weight is 292 g/mol. The molecule has 2 saturated heterocycles. The first-order valence-corrected chi connectivity index (χ1v) is 8.04. The monoisotopic (exact) mass is 292 g/mol. The smallest absolute Gasteiger partial charge is 0.240 e. The number of carbonyl (C=O) groups is 1. The van der Waals surface area contributed by atoms with E-state index in [1.807, 2.05) is 17.2 Å². The van der Waals surface area contributed by atoms with E-state index in [2.05, 4.69) is 28.3 Å². The summed E-state index contributed by atoms with van der Waals surface area (Å²) in [5.41, 5.74) is 1.14. The van der Waals surface area contributed by atoms with Gasteiger partial charge in [-0.05, 0) is 18.7 Å². The maximum atomic E-state index is 12.5. The van der Waals surface area contributed by atoms with Crippen molar-refractivity contribution in [3.8, 4) is 0 Å². The summed E-state index contributed by atoms with van der Waals surface area (Å²) < 4.78 is 0. The summed E-state index contributed by atoms with van der Waals surface area (Å²) in [6, 6.07) is 3.93. The van der Waals surface area contributed by atoms with Gasteiger partial charge in [-0.3, -0.25) is 15.1 Å². The van der Waals surface area contributed by atoms with Crippen LogP contribution in [0, 0.1) is 0 Å². The molecule has 1 unspecified atom stereocenters. The summed E-state index contributed by atoms with van der Waals surface area (Å²) in [5.74, 6) is 1.09. The van der Waals surface area contributed by atoms with Crippen molar-refractivity contribution in [1.82, 2.24) is 20.1 Å². The third-order valence-electron chi connectivity index (χ3n) is 3.88. The van der Waals surface area contributed by atoms with Crippen molar-refractivity contribution in [3.63, 3.8) is 0 Å². The van der Waals surface area contributed by atoms with Crippen LogP contribution in [-0.2, 0) is 4.79 Å². The summed E-state index contributed by atoms with van der Waals surface area (Å²) >= 11 is 1.79. The van der Waals surface area contributed by atoms with E-state index >= 15 is 0 Å². The number of pyridine rings is 1. The number of hydrogen-bond acceptors (Lipinski definition) is 5. The molecule has 6 heteroatoms. The van der Waals surface area contributed by atoms with Gasteiger partial charge in [0.1, 0.15) is 0 Å². The highest BCUT2D eigenvalue weighted by atomic mass is 32.2. The van der Waals surface area contributed by atoms with Crippen LogP contribution in [0.3, 0.4) is 0 Å². The summed E-state index contributed by atoms with van der Waals surface area (Å²) in [6.45, 7) is 3.63. The van der Waals surface area contributed by atoms with E-state index in [-0.39, 0.29) is 17.3 Å². The third kappa shape index (κ3) is 2.97. The zero-order chi connectivity index (χ0) is 13.9. The quantitative estimate of drug-likeness (QED) is 0.863. The molecule has 0 aliphatic carbocycles. The summed E-state index contributed by atoms with van der Waals surface area (Å²) in [7, 11) is 2.10. The Balaban J connectivity index is 1.58. The Hall–Kier alpha value is -1.11. The Morgan fingerprint density at radius 2 is 2.20 bits per heavy atom. The van der Waals surface area contributed by atoms with Gasteiger partial charge >= 0.3 is 0 Å². The fraction of sp³-hybridized carbons (Fsp3) is 0.571. The second kappa shape index (κ2) is 6.11. The lowest BCUT2D eigenvalue weighted by atomic mass is 10.2. The van der Waals surface area contributed by atoms with E-state index in [0.29, 0.717) is 0 Å². The topological polar surface area (TPSA) is 48.5 Å². The van der Waals surface area contributed by atoms with E-state index in [0.717, 1.165) is 37.5 Å². The van der Waals surface area contributed by atoms with Crippen LogP contribution >= 0.6 is 11.8 Å². The highest BCUT2D eigenvalue weighted by molar-refractivity contribution is 7.99. The van der Waals surface area contributed by atoms with Gasteiger partial charge in [0.25, 0.3) is 0 Å². The standard InChI is InChI=1S/C14H20N4OS/c1-17-5-7-18(8-6-17)14(19)12-10-20-13(16-12)11-3-2-4-15-9-11/h2-4,9,12-13,16H,5-8,10H2,1H3/t12-,13?/m0/s1. The van der Waals surface area contributed by atoms with Crippen molar-refractivity contribution in [1.29, 1.82) is 0 Å². The molecular weight excluding hydrogens is 272 g/mol. The molecule has 1 amide bonds. The lowest BCUT2D eigenvalue weighted by Crippen LogP contribution is -2.52. The van der Waals surface area contributed by atoms with Gasteiger partial charge in [-0.2, -0.15) is 0 Å². The molecule has 0 aromatic carbocycles. The predicted molar refractivity (Wildman–Crippen MR) is 80.4 cm³/mol. The van der Waals surface area contributed by atoms with Crippen LogP contribution in [0.1, 0.15) is 10.9 Å². The van der Waals surface area contributed by atoms with Crippen LogP contribution < -0.4 is 5.32 Å². The Kier molecular flexibility index (Phi) is 4.24. The molecule has 2 aliphatic heterocycles.